The molecule has 0 amide bonds. The molecule has 0 fully saturated rings. The summed E-state index contributed by atoms with van der Waals surface area (Å²) < 4.78 is 0. The molecule has 0 spiro atoms. The Labute approximate surface area is 127 Å². The van der Waals surface area contributed by atoms with Crippen molar-refractivity contribution in [1.82, 2.24) is 15.0 Å². The molecule has 0 saturated carbocycles. The molecule has 2 aromatic rings. The van der Waals surface area contributed by atoms with Gasteiger partial charge in [0.25, 0.3) is 0 Å². The number of aromatic nitrogens is 3. The third-order valence-electron chi connectivity index (χ3n) is 2.74. The average molecular weight is 303 g/mol. The van der Waals surface area contributed by atoms with Crippen molar-refractivity contribution in [2.45, 2.75) is 13.0 Å². The van der Waals surface area contributed by atoms with Gasteiger partial charge in [-0.1, -0.05) is 0 Å². The Bertz CT molecular complexity index is 660. The van der Waals surface area contributed by atoms with Gasteiger partial charge in [-0.25, -0.2) is 0 Å². The van der Waals surface area contributed by atoms with Gasteiger partial charge in [0.15, 0.2) is 0 Å². The van der Waals surface area contributed by atoms with E-state index >= 15 is 0 Å². The third-order valence-corrected chi connectivity index (χ3v) is 2.74. The monoisotopic (exact) mass is 303 g/mol. The molecule has 0 aliphatic rings. The van der Waals surface area contributed by atoms with Crippen LogP contribution in [0.2, 0.25) is 0 Å². The van der Waals surface area contributed by atoms with Crippen LogP contribution >= 0.6 is 0 Å². The Morgan fingerprint density at radius 1 is 1.14 bits per heavy atom. The minimum atomic E-state index is -1.00. The maximum Gasteiger partial charge on any atom is 0.325 e. The standard InChI is InChI=1S/C13H17N7O2/c1-7(10(21)22)16-12-18-11(15-2)19-13(20-12)17-9-5-3-8(14)4-6-9/h3-7H,14H2,1-2H3,(H,21,22)(H3,15,16,17,18,19,20). The first-order valence-electron chi connectivity index (χ1n) is 6.53. The summed E-state index contributed by atoms with van der Waals surface area (Å²) in [6.07, 6.45) is 0. The Hall–Kier alpha value is -3.10. The van der Waals surface area contributed by atoms with E-state index < -0.39 is 12.0 Å². The lowest BCUT2D eigenvalue weighted by atomic mass is 10.3. The van der Waals surface area contributed by atoms with Crippen LogP contribution in [0.4, 0.5) is 29.2 Å². The second-order valence-corrected chi connectivity index (χ2v) is 4.51. The van der Waals surface area contributed by atoms with Crippen LogP contribution in [0.3, 0.4) is 0 Å². The molecular formula is C13H17N7O2. The summed E-state index contributed by atoms with van der Waals surface area (Å²) in [6, 6.07) is 6.23. The first kappa shape index (κ1) is 15.3. The van der Waals surface area contributed by atoms with Crippen LogP contribution in [-0.4, -0.2) is 39.1 Å². The second kappa shape index (κ2) is 6.57. The van der Waals surface area contributed by atoms with Crippen LogP contribution < -0.4 is 21.7 Å². The van der Waals surface area contributed by atoms with Gasteiger partial charge in [-0.3, -0.25) is 4.79 Å². The molecule has 0 saturated heterocycles. The number of anilines is 5. The van der Waals surface area contributed by atoms with Crippen LogP contribution in [-0.2, 0) is 4.79 Å². The largest absolute Gasteiger partial charge is 0.480 e. The maximum atomic E-state index is 10.9. The SMILES string of the molecule is CNc1nc(Nc2ccc(N)cc2)nc(NC(C)C(=O)O)n1. The molecule has 1 aromatic carbocycles. The van der Waals surface area contributed by atoms with Gasteiger partial charge in [0.2, 0.25) is 17.8 Å². The Morgan fingerprint density at radius 3 is 2.32 bits per heavy atom. The molecule has 0 bridgehead atoms. The highest BCUT2D eigenvalue weighted by atomic mass is 16.4. The molecule has 0 aliphatic carbocycles. The number of benzene rings is 1. The Morgan fingerprint density at radius 2 is 1.73 bits per heavy atom. The zero-order chi connectivity index (χ0) is 16.1. The van der Waals surface area contributed by atoms with E-state index in [1.807, 2.05) is 0 Å². The zero-order valence-corrected chi connectivity index (χ0v) is 12.2. The van der Waals surface area contributed by atoms with Crippen LogP contribution in [0.1, 0.15) is 6.92 Å². The lowest BCUT2D eigenvalue weighted by Gasteiger charge is -2.12. The number of carbonyl (C=O) groups is 1. The van der Waals surface area contributed by atoms with E-state index in [1.165, 1.54) is 6.92 Å². The number of rotatable bonds is 6. The highest BCUT2D eigenvalue weighted by Crippen LogP contribution is 2.17. The Balaban J connectivity index is 2.23. The third kappa shape index (κ3) is 3.95. The van der Waals surface area contributed by atoms with Gasteiger partial charge < -0.3 is 26.8 Å². The predicted molar refractivity (Wildman–Crippen MR) is 84.2 cm³/mol. The van der Waals surface area contributed by atoms with Crippen molar-refractivity contribution in [3.8, 4) is 0 Å². The van der Waals surface area contributed by atoms with E-state index in [4.69, 9.17) is 10.8 Å². The second-order valence-electron chi connectivity index (χ2n) is 4.51. The van der Waals surface area contributed by atoms with Gasteiger partial charge in [-0.05, 0) is 31.2 Å². The number of nitrogens with two attached hydrogens (primary N) is 1. The average Bonchev–Trinajstić information content (AvgIpc) is 2.49. The lowest BCUT2D eigenvalue weighted by molar-refractivity contribution is -0.137. The van der Waals surface area contributed by atoms with Gasteiger partial charge in [-0.15, -0.1) is 0 Å². The van der Waals surface area contributed by atoms with E-state index in [2.05, 4.69) is 30.9 Å². The predicted octanol–water partition coefficient (Wildman–Crippen LogP) is 1.12. The first-order chi connectivity index (χ1) is 10.5. The molecule has 1 unspecified atom stereocenters. The smallest absolute Gasteiger partial charge is 0.325 e. The van der Waals surface area contributed by atoms with Gasteiger partial charge in [-0.2, -0.15) is 15.0 Å². The Kier molecular flexibility index (Phi) is 4.57. The van der Waals surface area contributed by atoms with E-state index in [1.54, 1.807) is 31.3 Å². The van der Waals surface area contributed by atoms with E-state index in [0.717, 1.165) is 5.69 Å². The fourth-order valence-electron chi connectivity index (χ4n) is 1.56. The summed E-state index contributed by atoms with van der Waals surface area (Å²) >= 11 is 0. The van der Waals surface area contributed by atoms with E-state index in [9.17, 15) is 4.79 Å². The molecule has 6 N–H and O–H groups in total. The summed E-state index contributed by atoms with van der Waals surface area (Å²) in [4.78, 5) is 23.3. The normalized spacial score (nSPS) is 11.5. The van der Waals surface area contributed by atoms with Gasteiger partial charge >= 0.3 is 5.97 Å². The topological polar surface area (TPSA) is 138 Å². The number of carboxylic acid groups (broad SMARTS) is 1. The van der Waals surface area contributed by atoms with E-state index in [0.29, 0.717) is 11.6 Å². The zero-order valence-electron chi connectivity index (χ0n) is 12.2. The maximum absolute atomic E-state index is 10.9. The van der Waals surface area contributed by atoms with Crippen molar-refractivity contribution >= 4 is 35.2 Å². The highest BCUT2D eigenvalue weighted by molar-refractivity contribution is 5.76. The molecular weight excluding hydrogens is 286 g/mol. The van der Waals surface area contributed by atoms with Crippen LogP contribution in [0.25, 0.3) is 0 Å². The van der Waals surface area contributed by atoms with Crippen LogP contribution in [0.5, 0.6) is 0 Å². The molecule has 1 aromatic heterocycles. The number of nitrogens with zero attached hydrogens (tertiary/aromatic N) is 3. The van der Waals surface area contributed by atoms with Crippen molar-refractivity contribution in [2.75, 3.05) is 28.7 Å². The lowest BCUT2D eigenvalue weighted by Crippen LogP contribution is -2.26. The van der Waals surface area contributed by atoms with Crippen molar-refractivity contribution in [3.05, 3.63) is 24.3 Å². The number of hydrogen-bond donors (Lipinski definition) is 5. The number of carboxylic acids is 1. The minimum absolute atomic E-state index is 0.159. The summed E-state index contributed by atoms with van der Waals surface area (Å²) in [6.45, 7) is 1.50. The fourth-order valence-corrected chi connectivity index (χ4v) is 1.56. The molecule has 1 atom stereocenters. The van der Waals surface area contributed by atoms with Gasteiger partial charge in [0, 0.05) is 18.4 Å². The van der Waals surface area contributed by atoms with Crippen molar-refractivity contribution in [2.24, 2.45) is 0 Å². The van der Waals surface area contributed by atoms with Gasteiger partial charge in [0.1, 0.15) is 6.04 Å². The fraction of sp³-hybridized carbons (Fsp3) is 0.231. The number of nitrogens with one attached hydrogen (secondary N) is 3. The molecule has 22 heavy (non-hydrogen) atoms. The summed E-state index contributed by atoms with van der Waals surface area (Å²) in [5.74, 6) is -0.246. The van der Waals surface area contributed by atoms with E-state index in [-0.39, 0.29) is 11.9 Å². The first-order valence-corrected chi connectivity index (χ1v) is 6.53. The number of aliphatic carboxylic acids is 1. The van der Waals surface area contributed by atoms with Crippen molar-refractivity contribution in [1.29, 1.82) is 0 Å². The molecule has 9 heteroatoms. The van der Waals surface area contributed by atoms with Crippen LogP contribution in [0, 0.1) is 0 Å². The molecule has 0 aliphatic heterocycles. The summed E-state index contributed by atoms with van der Waals surface area (Å²) in [5, 5.41) is 17.4. The molecule has 2 rings (SSSR count). The minimum Gasteiger partial charge on any atom is -0.480 e. The highest BCUT2D eigenvalue weighted by Gasteiger charge is 2.13. The molecule has 0 radical (unpaired) electrons. The molecule has 9 nitrogen and oxygen atoms in total. The summed E-state index contributed by atoms with van der Waals surface area (Å²) in [5.41, 5.74) is 7.03. The number of hydrogen-bond acceptors (Lipinski definition) is 8. The quantitative estimate of drug-likeness (QED) is 0.497. The van der Waals surface area contributed by atoms with Crippen LogP contribution in [0.15, 0.2) is 24.3 Å². The molecule has 116 valence electrons. The van der Waals surface area contributed by atoms with Gasteiger partial charge in [0.05, 0.1) is 0 Å². The molecule has 1 heterocycles. The summed E-state index contributed by atoms with van der Waals surface area (Å²) in [7, 11) is 1.66. The number of nitrogen functional groups attached to an aromatic ring is 1. The van der Waals surface area contributed by atoms with Crippen molar-refractivity contribution < 1.29 is 9.90 Å². The van der Waals surface area contributed by atoms with Crippen molar-refractivity contribution in [3.63, 3.8) is 0 Å².